The lowest BCUT2D eigenvalue weighted by Crippen LogP contribution is -2.49. The summed E-state index contributed by atoms with van der Waals surface area (Å²) >= 11 is 6.14. The Morgan fingerprint density at radius 1 is 1.03 bits per heavy atom. The Kier molecular flexibility index (Phi) is 5.36. The number of ether oxygens (including phenoxy) is 1. The number of piperazine rings is 1. The van der Waals surface area contributed by atoms with Gasteiger partial charge in [-0.05, 0) is 42.5 Å². The van der Waals surface area contributed by atoms with Crippen LogP contribution in [0.2, 0.25) is 5.02 Å². The highest BCUT2D eigenvalue weighted by Crippen LogP contribution is 2.26. The number of benzene rings is 2. The van der Waals surface area contributed by atoms with E-state index in [1.807, 2.05) is 29.2 Å². The number of carbonyl (C=O) groups excluding carboxylic acids is 1. The Morgan fingerprint density at radius 3 is 2.53 bits per heavy atom. The van der Waals surface area contributed by atoms with Gasteiger partial charge in [0.15, 0.2) is 5.65 Å². The van der Waals surface area contributed by atoms with E-state index in [0.29, 0.717) is 42.4 Å². The van der Waals surface area contributed by atoms with E-state index in [4.69, 9.17) is 16.3 Å². The van der Waals surface area contributed by atoms with E-state index in [-0.39, 0.29) is 5.91 Å². The molecule has 1 amide bonds. The van der Waals surface area contributed by atoms with Crippen LogP contribution in [-0.4, -0.2) is 63.8 Å². The van der Waals surface area contributed by atoms with Gasteiger partial charge in [-0.1, -0.05) is 17.7 Å². The predicted molar refractivity (Wildman–Crippen MR) is 123 cm³/mol. The highest BCUT2D eigenvalue weighted by molar-refractivity contribution is 6.30. The summed E-state index contributed by atoms with van der Waals surface area (Å²) in [6.07, 6.45) is 3.33. The minimum Gasteiger partial charge on any atom is -0.497 e. The van der Waals surface area contributed by atoms with E-state index in [9.17, 15) is 4.79 Å². The smallest absolute Gasteiger partial charge is 0.253 e. The Balaban J connectivity index is 1.34. The third-order valence-corrected chi connectivity index (χ3v) is 5.84. The molecule has 1 aliphatic heterocycles. The molecule has 0 bridgehead atoms. The van der Waals surface area contributed by atoms with Crippen molar-refractivity contribution in [2.75, 3.05) is 38.2 Å². The van der Waals surface area contributed by atoms with Gasteiger partial charge in [0.2, 0.25) is 0 Å². The number of fused-ring (bicyclic) bond motifs is 1. The van der Waals surface area contributed by atoms with E-state index in [1.54, 1.807) is 48.6 Å². The molecule has 4 aromatic rings. The van der Waals surface area contributed by atoms with Gasteiger partial charge in [0, 0.05) is 36.8 Å². The number of carbonyl (C=O) groups is 1. The van der Waals surface area contributed by atoms with Gasteiger partial charge in [-0.3, -0.25) is 4.79 Å². The first-order valence-corrected chi connectivity index (χ1v) is 10.6. The lowest BCUT2D eigenvalue weighted by atomic mass is 10.1. The third kappa shape index (κ3) is 3.73. The molecule has 1 aliphatic rings. The van der Waals surface area contributed by atoms with E-state index >= 15 is 0 Å². The molecular formula is C23H21ClN6O2. The Labute approximate surface area is 190 Å². The molecule has 2 aromatic carbocycles. The maximum Gasteiger partial charge on any atom is 0.253 e. The van der Waals surface area contributed by atoms with Crippen molar-refractivity contribution >= 4 is 34.4 Å². The molecule has 0 radical (unpaired) electrons. The zero-order chi connectivity index (χ0) is 22.1. The maximum atomic E-state index is 12.9. The van der Waals surface area contributed by atoms with E-state index < -0.39 is 0 Å². The van der Waals surface area contributed by atoms with Crippen molar-refractivity contribution in [3.63, 3.8) is 0 Å². The molecule has 0 unspecified atom stereocenters. The SMILES string of the molecule is COc1ccc(C(=O)N2CCN(c3ncnc4c3cnn4-c3cccc(Cl)c3)CC2)cc1. The fraction of sp³-hybridized carbons (Fsp3) is 0.217. The van der Waals surface area contributed by atoms with Crippen LogP contribution in [0.1, 0.15) is 10.4 Å². The predicted octanol–water partition coefficient (Wildman–Crippen LogP) is 3.44. The first-order chi connectivity index (χ1) is 15.6. The van der Waals surface area contributed by atoms with Gasteiger partial charge in [-0.2, -0.15) is 5.10 Å². The van der Waals surface area contributed by atoms with Crippen LogP contribution < -0.4 is 9.64 Å². The molecule has 3 heterocycles. The molecule has 1 fully saturated rings. The summed E-state index contributed by atoms with van der Waals surface area (Å²) in [6.45, 7) is 2.57. The molecule has 9 heteroatoms. The number of rotatable bonds is 4. The Bertz CT molecular complexity index is 1270. The van der Waals surface area contributed by atoms with Crippen LogP contribution >= 0.6 is 11.6 Å². The standard InChI is InChI=1S/C23H21ClN6O2/c1-32-19-7-5-16(6-8-19)23(31)29-11-9-28(10-12-29)21-20-14-27-30(22(20)26-15-25-21)18-4-2-3-17(24)13-18/h2-8,13-15H,9-12H2,1H3. The average Bonchev–Trinajstić information content (AvgIpc) is 3.28. The average molecular weight is 449 g/mol. The van der Waals surface area contributed by atoms with Crippen molar-refractivity contribution in [2.45, 2.75) is 0 Å². The molecule has 0 saturated carbocycles. The van der Waals surface area contributed by atoms with Crippen molar-refractivity contribution in [2.24, 2.45) is 0 Å². The minimum atomic E-state index is 0.0221. The second-order valence-corrected chi connectivity index (χ2v) is 7.91. The van der Waals surface area contributed by atoms with Crippen LogP contribution in [-0.2, 0) is 0 Å². The molecule has 0 spiro atoms. The van der Waals surface area contributed by atoms with Gasteiger partial charge in [0.05, 0.1) is 24.4 Å². The van der Waals surface area contributed by atoms with Crippen LogP contribution in [0, 0.1) is 0 Å². The first kappa shape index (κ1) is 20.3. The monoisotopic (exact) mass is 448 g/mol. The van der Waals surface area contributed by atoms with Crippen molar-refractivity contribution in [1.29, 1.82) is 0 Å². The lowest BCUT2D eigenvalue weighted by Gasteiger charge is -2.35. The largest absolute Gasteiger partial charge is 0.497 e. The number of methoxy groups -OCH3 is 1. The van der Waals surface area contributed by atoms with Gasteiger partial charge in [-0.25, -0.2) is 14.6 Å². The minimum absolute atomic E-state index is 0.0221. The zero-order valence-electron chi connectivity index (χ0n) is 17.5. The van der Waals surface area contributed by atoms with E-state index in [1.165, 1.54) is 0 Å². The van der Waals surface area contributed by atoms with Crippen molar-refractivity contribution in [3.05, 3.63) is 71.6 Å². The highest BCUT2D eigenvalue weighted by atomic mass is 35.5. The molecule has 8 nitrogen and oxygen atoms in total. The number of nitrogens with zero attached hydrogens (tertiary/aromatic N) is 6. The number of hydrogen-bond acceptors (Lipinski definition) is 6. The quantitative estimate of drug-likeness (QED) is 0.476. The second kappa shape index (κ2) is 8.47. The summed E-state index contributed by atoms with van der Waals surface area (Å²) < 4.78 is 6.93. The molecule has 162 valence electrons. The molecule has 0 N–H and O–H groups in total. The highest BCUT2D eigenvalue weighted by Gasteiger charge is 2.25. The molecule has 1 saturated heterocycles. The summed E-state index contributed by atoms with van der Waals surface area (Å²) in [5, 5.41) is 6.01. The summed E-state index contributed by atoms with van der Waals surface area (Å²) in [4.78, 5) is 25.9. The van der Waals surface area contributed by atoms with Gasteiger partial charge >= 0.3 is 0 Å². The van der Waals surface area contributed by atoms with E-state index in [0.717, 1.165) is 22.6 Å². The van der Waals surface area contributed by atoms with Gasteiger partial charge in [0.25, 0.3) is 5.91 Å². The fourth-order valence-corrected chi connectivity index (χ4v) is 4.10. The Morgan fingerprint density at radius 2 is 1.81 bits per heavy atom. The van der Waals surface area contributed by atoms with Gasteiger partial charge in [0.1, 0.15) is 17.9 Å². The number of aromatic nitrogens is 4. The normalized spacial score (nSPS) is 14.1. The fourth-order valence-electron chi connectivity index (χ4n) is 3.92. The second-order valence-electron chi connectivity index (χ2n) is 7.48. The van der Waals surface area contributed by atoms with Gasteiger partial charge in [-0.15, -0.1) is 0 Å². The van der Waals surface area contributed by atoms with Crippen molar-refractivity contribution < 1.29 is 9.53 Å². The topological polar surface area (TPSA) is 76.4 Å². The van der Waals surface area contributed by atoms with Crippen molar-refractivity contribution in [1.82, 2.24) is 24.6 Å². The molecule has 0 aliphatic carbocycles. The Hall–Kier alpha value is -3.65. The summed E-state index contributed by atoms with van der Waals surface area (Å²) in [5.74, 6) is 1.58. The first-order valence-electron chi connectivity index (χ1n) is 10.3. The zero-order valence-corrected chi connectivity index (χ0v) is 18.2. The summed E-state index contributed by atoms with van der Waals surface area (Å²) in [5.41, 5.74) is 2.22. The third-order valence-electron chi connectivity index (χ3n) is 5.60. The van der Waals surface area contributed by atoms with Crippen LogP contribution in [0.25, 0.3) is 16.7 Å². The van der Waals surface area contributed by atoms with Gasteiger partial charge < -0.3 is 14.5 Å². The maximum absolute atomic E-state index is 12.9. The van der Waals surface area contributed by atoms with Crippen LogP contribution in [0.15, 0.2) is 61.1 Å². The molecule has 0 atom stereocenters. The molecular weight excluding hydrogens is 428 g/mol. The number of anilines is 1. The summed E-state index contributed by atoms with van der Waals surface area (Å²) in [7, 11) is 1.61. The molecule has 2 aromatic heterocycles. The molecule has 32 heavy (non-hydrogen) atoms. The van der Waals surface area contributed by atoms with Crippen LogP contribution in [0.3, 0.4) is 0 Å². The lowest BCUT2D eigenvalue weighted by molar-refractivity contribution is 0.0746. The molecule has 5 rings (SSSR count). The van der Waals surface area contributed by atoms with Crippen molar-refractivity contribution in [3.8, 4) is 11.4 Å². The van der Waals surface area contributed by atoms with Crippen LogP contribution in [0.5, 0.6) is 5.75 Å². The number of amides is 1. The van der Waals surface area contributed by atoms with E-state index in [2.05, 4.69) is 20.0 Å². The number of halogens is 1. The van der Waals surface area contributed by atoms with Crippen LogP contribution in [0.4, 0.5) is 5.82 Å². The summed E-state index contributed by atoms with van der Waals surface area (Å²) in [6, 6.07) is 14.7. The number of hydrogen-bond donors (Lipinski definition) is 0.